The van der Waals surface area contributed by atoms with E-state index in [0.717, 1.165) is 0 Å². The van der Waals surface area contributed by atoms with E-state index in [4.69, 9.17) is 14.8 Å². The fourth-order valence-corrected chi connectivity index (χ4v) is 1.07. The van der Waals surface area contributed by atoms with Gasteiger partial charge in [0.1, 0.15) is 0 Å². The molecule has 0 atom stereocenters. The first-order valence-electron chi connectivity index (χ1n) is 4.14. The first kappa shape index (κ1) is 11.3. The van der Waals surface area contributed by atoms with Crippen molar-refractivity contribution < 1.29 is 19.6 Å². The van der Waals surface area contributed by atoms with Gasteiger partial charge in [0, 0.05) is 0 Å². The predicted octanol–water partition coefficient (Wildman–Crippen LogP) is 1.33. The van der Waals surface area contributed by atoms with Crippen LogP contribution in [-0.4, -0.2) is 25.3 Å². The van der Waals surface area contributed by atoms with Gasteiger partial charge in [0.15, 0.2) is 0 Å². The quantitative estimate of drug-likeness (QED) is 0.639. The molecule has 0 aliphatic heterocycles. The van der Waals surface area contributed by atoms with Gasteiger partial charge in [-0.05, 0) is 18.2 Å². The molecule has 0 amide bonds. The molecule has 0 saturated carbocycles. The van der Waals surface area contributed by atoms with Crippen LogP contribution in [0.5, 0.6) is 0 Å². The zero-order valence-electron chi connectivity index (χ0n) is 8.40. The van der Waals surface area contributed by atoms with E-state index < -0.39 is 5.97 Å². The minimum absolute atomic E-state index is 0.163. The Hall–Kier alpha value is -1.79. The summed E-state index contributed by atoms with van der Waals surface area (Å²) in [5.41, 5.74) is 6.38. The normalized spacial score (nSPS) is 9.73. The van der Waals surface area contributed by atoms with Crippen molar-refractivity contribution in [2.45, 2.75) is 0 Å². The van der Waals surface area contributed by atoms with E-state index in [1.165, 1.54) is 26.4 Å². The number of carboxylic acid groups (broad SMARTS) is 1. The smallest absolute Gasteiger partial charge is 0.335 e. The van der Waals surface area contributed by atoms with E-state index in [-0.39, 0.29) is 5.56 Å². The van der Waals surface area contributed by atoms with Crippen LogP contribution < -0.4 is 11.0 Å². The number of aromatic carboxylic acids is 1. The molecule has 82 valence electrons. The molecule has 1 aromatic rings. The zero-order valence-corrected chi connectivity index (χ0v) is 8.40. The lowest BCUT2D eigenvalue weighted by Crippen LogP contribution is -2.05. The third kappa shape index (κ3) is 2.83. The summed E-state index contributed by atoms with van der Waals surface area (Å²) >= 11 is 0. The Morgan fingerprint density at radius 1 is 1.20 bits per heavy atom. The largest absolute Gasteiger partial charge is 0.478 e. The molecule has 1 aromatic carbocycles. The summed E-state index contributed by atoms with van der Waals surface area (Å²) in [7, 11) is 2.89. The number of hydrogen-bond acceptors (Lipinski definition) is 5. The summed E-state index contributed by atoms with van der Waals surface area (Å²) < 4.78 is 0. The van der Waals surface area contributed by atoms with Gasteiger partial charge >= 0.3 is 5.97 Å². The number of nitrogens with one attached hydrogen (secondary N) is 2. The van der Waals surface area contributed by atoms with Gasteiger partial charge in [0.05, 0.1) is 31.2 Å². The number of benzene rings is 1. The minimum Gasteiger partial charge on any atom is -0.478 e. The molecule has 0 aromatic heterocycles. The summed E-state index contributed by atoms with van der Waals surface area (Å²) in [5, 5.41) is 8.78. The Bertz CT molecular complexity index is 354. The maximum Gasteiger partial charge on any atom is 0.335 e. The van der Waals surface area contributed by atoms with Crippen LogP contribution in [0.1, 0.15) is 10.4 Å². The number of carboxylic acids is 1. The fourth-order valence-electron chi connectivity index (χ4n) is 1.07. The molecule has 6 nitrogen and oxygen atoms in total. The summed E-state index contributed by atoms with van der Waals surface area (Å²) in [4.78, 5) is 20.1. The molecule has 6 heteroatoms. The molecule has 0 bridgehead atoms. The van der Waals surface area contributed by atoms with Crippen LogP contribution in [0.3, 0.4) is 0 Å². The molecule has 15 heavy (non-hydrogen) atoms. The second-order valence-electron chi connectivity index (χ2n) is 2.68. The van der Waals surface area contributed by atoms with Crippen LogP contribution in [0.2, 0.25) is 0 Å². The van der Waals surface area contributed by atoms with E-state index in [1.807, 2.05) is 0 Å². The molecule has 0 radical (unpaired) electrons. The number of hydrogen-bond donors (Lipinski definition) is 3. The molecule has 0 saturated heterocycles. The Morgan fingerprint density at radius 3 is 2.33 bits per heavy atom. The van der Waals surface area contributed by atoms with Gasteiger partial charge in [-0.2, -0.15) is 0 Å². The summed E-state index contributed by atoms with van der Waals surface area (Å²) in [6.07, 6.45) is 0. The van der Waals surface area contributed by atoms with Crippen molar-refractivity contribution in [3.05, 3.63) is 23.8 Å². The molecule has 1 rings (SSSR count). The lowest BCUT2D eigenvalue weighted by atomic mass is 10.2. The summed E-state index contributed by atoms with van der Waals surface area (Å²) in [6, 6.07) is 4.48. The summed E-state index contributed by atoms with van der Waals surface area (Å²) in [5.74, 6) is -1.00. The van der Waals surface area contributed by atoms with Crippen LogP contribution in [0.4, 0.5) is 11.4 Å². The van der Waals surface area contributed by atoms with Crippen molar-refractivity contribution in [2.75, 3.05) is 25.2 Å². The SMILES string of the molecule is CONc1ccc(C(=O)O)cc1NOC. The third-order valence-electron chi connectivity index (χ3n) is 1.69. The summed E-state index contributed by atoms with van der Waals surface area (Å²) in [6.45, 7) is 0. The van der Waals surface area contributed by atoms with Crippen LogP contribution in [0.15, 0.2) is 18.2 Å². The van der Waals surface area contributed by atoms with Crippen molar-refractivity contribution in [1.29, 1.82) is 0 Å². The van der Waals surface area contributed by atoms with Crippen LogP contribution in [0.25, 0.3) is 0 Å². The Balaban J connectivity index is 3.02. The highest BCUT2D eigenvalue weighted by Crippen LogP contribution is 2.23. The van der Waals surface area contributed by atoms with Gasteiger partial charge in [-0.3, -0.25) is 20.6 Å². The predicted molar refractivity (Wildman–Crippen MR) is 54.7 cm³/mol. The average molecular weight is 212 g/mol. The maximum absolute atomic E-state index is 10.7. The molecule has 3 N–H and O–H groups in total. The molecular weight excluding hydrogens is 200 g/mol. The molecule has 0 spiro atoms. The molecule has 0 heterocycles. The lowest BCUT2D eigenvalue weighted by molar-refractivity contribution is 0.0697. The fraction of sp³-hybridized carbons (Fsp3) is 0.222. The number of carbonyl (C=O) groups is 1. The first-order valence-corrected chi connectivity index (χ1v) is 4.14. The highest BCUT2D eigenvalue weighted by Gasteiger charge is 2.07. The van der Waals surface area contributed by atoms with Gasteiger partial charge in [-0.15, -0.1) is 0 Å². The first-order chi connectivity index (χ1) is 7.19. The molecule has 0 aliphatic rings. The highest BCUT2D eigenvalue weighted by molar-refractivity contribution is 5.90. The Morgan fingerprint density at radius 2 is 1.80 bits per heavy atom. The van der Waals surface area contributed by atoms with E-state index in [1.54, 1.807) is 6.07 Å². The van der Waals surface area contributed by atoms with Crippen molar-refractivity contribution in [3.8, 4) is 0 Å². The second-order valence-corrected chi connectivity index (χ2v) is 2.68. The standard InChI is InChI=1S/C9H12N2O4/c1-14-10-7-4-3-6(9(12)13)5-8(7)11-15-2/h3-5,10-11H,1-2H3,(H,12,13). The highest BCUT2D eigenvalue weighted by atomic mass is 16.6. The van der Waals surface area contributed by atoms with Crippen LogP contribution in [0, 0.1) is 0 Å². The van der Waals surface area contributed by atoms with E-state index in [0.29, 0.717) is 11.4 Å². The lowest BCUT2D eigenvalue weighted by Gasteiger charge is -2.11. The van der Waals surface area contributed by atoms with Gasteiger partial charge < -0.3 is 5.11 Å². The van der Waals surface area contributed by atoms with E-state index >= 15 is 0 Å². The second kappa shape index (κ2) is 5.18. The van der Waals surface area contributed by atoms with Crippen molar-refractivity contribution in [3.63, 3.8) is 0 Å². The minimum atomic E-state index is -1.00. The number of anilines is 2. The molecule has 0 unspecified atom stereocenters. The van der Waals surface area contributed by atoms with Crippen molar-refractivity contribution in [1.82, 2.24) is 0 Å². The van der Waals surface area contributed by atoms with Gasteiger partial charge in [0.2, 0.25) is 0 Å². The average Bonchev–Trinajstić information content (AvgIpc) is 2.21. The van der Waals surface area contributed by atoms with E-state index in [9.17, 15) is 4.79 Å². The third-order valence-corrected chi connectivity index (χ3v) is 1.69. The van der Waals surface area contributed by atoms with Gasteiger partial charge in [0.25, 0.3) is 0 Å². The van der Waals surface area contributed by atoms with Crippen LogP contribution >= 0.6 is 0 Å². The Kier molecular flexibility index (Phi) is 3.90. The van der Waals surface area contributed by atoms with Crippen molar-refractivity contribution in [2.24, 2.45) is 0 Å². The Labute approximate surface area is 86.7 Å². The molecule has 0 aliphatic carbocycles. The maximum atomic E-state index is 10.7. The zero-order chi connectivity index (χ0) is 11.3. The van der Waals surface area contributed by atoms with Crippen LogP contribution in [-0.2, 0) is 9.68 Å². The topological polar surface area (TPSA) is 79.8 Å². The van der Waals surface area contributed by atoms with Gasteiger partial charge in [-0.25, -0.2) is 4.79 Å². The monoisotopic (exact) mass is 212 g/mol. The number of rotatable bonds is 5. The van der Waals surface area contributed by atoms with Gasteiger partial charge in [-0.1, -0.05) is 0 Å². The van der Waals surface area contributed by atoms with Crippen molar-refractivity contribution >= 4 is 17.3 Å². The van der Waals surface area contributed by atoms with E-state index in [2.05, 4.69) is 11.0 Å². The molecule has 0 fully saturated rings. The molecular formula is C9H12N2O4.